The van der Waals surface area contributed by atoms with Crippen LogP contribution < -0.4 is 37.9 Å². The highest BCUT2D eigenvalue weighted by Gasteiger charge is 2.42. The maximum absolute atomic E-state index is 13.2. The summed E-state index contributed by atoms with van der Waals surface area (Å²) in [6.45, 7) is 3.57. The second kappa shape index (κ2) is 23.2. The van der Waals surface area contributed by atoms with Crippen molar-refractivity contribution in [1.82, 2.24) is 0 Å². The number of esters is 2. The summed E-state index contributed by atoms with van der Waals surface area (Å²) in [4.78, 5) is 26.4. The molecule has 0 saturated heterocycles. The molecule has 0 aliphatic carbocycles. The molecule has 0 amide bonds. The summed E-state index contributed by atoms with van der Waals surface area (Å²) in [7, 11) is 17.6. The number of rotatable bonds is 24. The zero-order chi connectivity index (χ0) is 48.1. The Balaban J connectivity index is 0.987. The van der Waals surface area contributed by atoms with Gasteiger partial charge in [0, 0.05) is 36.8 Å². The maximum Gasteiger partial charge on any atom is 0.311 e. The second-order valence-corrected chi connectivity index (χ2v) is 18.0. The molecule has 2 unspecified atom stereocenters. The monoisotopic (exact) mass is 929 g/mol. The highest BCUT2D eigenvalue weighted by atomic mass is 16.5. The molecule has 0 fully saturated rings. The van der Waals surface area contributed by atoms with Gasteiger partial charge >= 0.3 is 11.9 Å². The predicted molar refractivity (Wildman–Crippen MR) is 255 cm³/mol. The second-order valence-electron chi connectivity index (χ2n) is 18.0. The number of quaternary nitrogens is 2. The van der Waals surface area contributed by atoms with E-state index in [2.05, 4.69) is 50.5 Å². The van der Waals surface area contributed by atoms with Gasteiger partial charge in [-0.1, -0.05) is 12.1 Å². The van der Waals surface area contributed by atoms with E-state index in [4.69, 9.17) is 47.4 Å². The first-order chi connectivity index (χ1) is 32.4. The Morgan fingerprint density at radius 1 is 0.463 bits per heavy atom. The van der Waals surface area contributed by atoms with E-state index in [-0.39, 0.29) is 24.0 Å². The molecule has 0 saturated carbocycles. The lowest BCUT2D eigenvalue weighted by atomic mass is 9.86. The van der Waals surface area contributed by atoms with E-state index in [1.54, 1.807) is 56.9 Å². The molecule has 2 heterocycles. The van der Waals surface area contributed by atoms with Crippen LogP contribution in [0.4, 0.5) is 0 Å². The fraction of sp³-hybridized carbons (Fsp3) is 0.509. The van der Waals surface area contributed by atoms with Crippen molar-refractivity contribution >= 4 is 11.9 Å². The van der Waals surface area contributed by atoms with Crippen molar-refractivity contribution in [2.75, 3.05) is 110 Å². The minimum atomic E-state index is -0.215. The zero-order valence-corrected chi connectivity index (χ0v) is 41.3. The minimum Gasteiger partial charge on any atom is -0.493 e. The average molecular weight is 929 g/mol. The molecule has 14 nitrogen and oxygen atoms in total. The van der Waals surface area contributed by atoms with Crippen molar-refractivity contribution in [3.8, 4) is 46.0 Å². The fourth-order valence-electron chi connectivity index (χ4n) is 9.91. The van der Waals surface area contributed by atoms with Crippen LogP contribution in [0.15, 0.2) is 60.7 Å². The van der Waals surface area contributed by atoms with E-state index in [1.807, 2.05) is 24.3 Å². The molecular weight excluding hydrogens is 857 g/mol. The van der Waals surface area contributed by atoms with Crippen LogP contribution in [0, 0.1) is 0 Å². The summed E-state index contributed by atoms with van der Waals surface area (Å²) < 4.78 is 57.8. The first-order valence-electron chi connectivity index (χ1n) is 23.3. The molecule has 14 heteroatoms. The van der Waals surface area contributed by atoms with Crippen LogP contribution in [0.5, 0.6) is 46.0 Å². The molecule has 67 heavy (non-hydrogen) atoms. The zero-order valence-electron chi connectivity index (χ0n) is 41.3. The summed E-state index contributed by atoms with van der Waals surface area (Å²) in [5.74, 6) is 5.06. The SMILES string of the molecule is COc1ccc(C[C@@H]2c3cc(OC)c(OC)cc3CC[N+]2(C)CCC(=O)OCCCCCOC(=O)CC[N+]2(C)CCc3cc(OC)c(OC)cc3[C@@H]2Cc2ccc(OC)c(OC)c2)cc1OC. The van der Waals surface area contributed by atoms with Crippen LogP contribution in [0.25, 0.3) is 0 Å². The van der Waals surface area contributed by atoms with Crippen LogP contribution in [0.3, 0.4) is 0 Å². The van der Waals surface area contributed by atoms with Gasteiger partial charge in [-0.15, -0.1) is 0 Å². The standard InChI is InChI=1S/C53H72N2O12/c1-54(22-18-38-32-48(62-7)50(64-9)34-40(38)42(54)28-36-14-16-44(58-3)46(30-36)60-5)24-20-52(56)66-26-12-11-13-27-67-53(57)21-25-55(2)23-19-39-33-49(63-8)51(65-10)35-41(39)43(55)29-37-15-17-45(59-4)47(31-37)61-6/h14-17,30-35,42-43H,11-13,18-29H2,1-10H3/q+2/t42-,43+,54?,55?. The first-order valence-corrected chi connectivity index (χ1v) is 23.3. The lowest BCUT2D eigenvalue weighted by Gasteiger charge is -2.46. The summed E-state index contributed by atoms with van der Waals surface area (Å²) in [6, 6.07) is 20.5. The molecule has 0 spiro atoms. The predicted octanol–water partition coefficient (Wildman–Crippen LogP) is 8.07. The van der Waals surface area contributed by atoms with Crippen molar-refractivity contribution in [2.24, 2.45) is 0 Å². The van der Waals surface area contributed by atoms with Crippen molar-refractivity contribution in [2.45, 2.75) is 69.9 Å². The normalized spacial score (nSPS) is 19.6. The third-order valence-electron chi connectivity index (χ3n) is 14.0. The van der Waals surface area contributed by atoms with Crippen LogP contribution in [-0.2, 0) is 44.7 Å². The summed E-state index contributed by atoms with van der Waals surface area (Å²) in [5.41, 5.74) is 7.00. The largest absolute Gasteiger partial charge is 0.493 e. The maximum atomic E-state index is 13.2. The van der Waals surface area contributed by atoms with E-state index < -0.39 is 0 Å². The van der Waals surface area contributed by atoms with Gasteiger partial charge in [0.15, 0.2) is 46.0 Å². The highest BCUT2D eigenvalue weighted by Crippen LogP contribution is 2.45. The summed E-state index contributed by atoms with van der Waals surface area (Å²) in [6.07, 6.45) is 5.85. The Labute approximate surface area is 397 Å². The number of ether oxygens (including phenoxy) is 10. The van der Waals surface area contributed by atoms with E-state index in [9.17, 15) is 9.59 Å². The molecule has 0 aromatic heterocycles. The third kappa shape index (κ3) is 12.0. The highest BCUT2D eigenvalue weighted by molar-refractivity contribution is 5.69. The van der Waals surface area contributed by atoms with E-state index in [0.29, 0.717) is 107 Å². The molecular formula is C53H72N2O12+2. The summed E-state index contributed by atoms with van der Waals surface area (Å²) in [5, 5.41) is 0. The number of unbranched alkanes of at least 4 members (excludes halogenated alkanes) is 2. The van der Waals surface area contributed by atoms with Crippen molar-refractivity contribution in [1.29, 1.82) is 0 Å². The van der Waals surface area contributed by atoms with Crippen LogP contribution in [0.1, 0.15) is 77.6 Å². The minimum absolute atomic E-state index is 0.0393. The van der Waals surface area contributed by atoms with Gasteiger partial charge in [0.25, 0.3) is 0 Å². The van der Waals surface area contributed by atoms with Crippen LogP contribution in [-0.4, -0.2) is 131 Å². The number of likely N-dealkylation sites (N-methyl/N-ethyl adjacent to an activating group) is 2. The Kier molecular flexibility index (Phi) is 17.5. The smallest absolute Gasteiger partial charge is 0.311 e. The van der Waals surface area contributed by atoms with E-state index in [1.165, 1.54) is 22.3 Å². The lowest BCUT2D eigenvalue weighted by Crippen LogP contribution is -2.53. The number of benzene rings is 4. The van der Waals surface area contributed by atoms with Crippen molar-refractivity contribution in [3.05, 3.63) is 94.0 Å². The molecule has 2 aliphatic rings. The Hall–Kier alpha value is -5.86. The number of carbonyl (C=O) groups is 2. The Morgan fingerprint density at radius 2 is 0.806 bits per heavy atom. The van der Waals surface area contributed by atoms with Crippen LogP contribution in [0.2, 0.25) is 0 Å². The average Bonchev–Trinajstić information content (AvgIpc) is 3.35. The summed E-state index contributed by atoms with van der Waals surface area (Å²) >= 11 is 0. The molecule has 4 atom stereocenters. The van der Waals surface area contributed by atoms with Gasteiger partial charge in [-0.25, -0.2) is 0 Å². The van der Waals surface area contributed by atoms with Crippen LogP contribution >= 0.6 is 0 Å². The molecule has 0 bridgehead atoms. The molecule has 4 aromatic carbocycles. The third-order valence-corrected chi connectivity index (χ3v) is 14.0. The van der Waals surface area contributed by atoms with E-state index in [0.717, 1.165) is 56.3 Å². The Morgan fingerprint density at radius 3 is 1.16 bits per heavy atom. The molecule has 364 valence electrons. The molecule has 2 aliphatic heterocycles. The van der Waals surface area contributed by atoms with Gasteiger partial charge < -0.3 is 56.3 Å². The topological polar surface area (TPSA) is 126 Å². The van der Waals surface area contributed by atoms with Gasteiger partial charge in [0.05, 0.1) is 123 Å². The quantitative estimate of drug-likeness (QED) is 0.0383. The van der Waals surface area contributed by atoms with Gasteiger partial charge in [-0.05, 0) is 90.0 Å². The van der Waals surface area contributed by atoms with Gasteiger partial charge in [0.1, 0.15) is 12.1 Å². The van der Waals surface area contributed by atoms with Gasteiger partial charge in [-0.2, -0.15) is 0 Å². The Bertz CT molecular complexity index is 2160. The molecule has 0 radical (unpaired) electrons. The number of fused-ring (bicyclic) bond motifs is 2. The van der Waals surface area contributed by atoms with Gasteiger partial charge in [-0.3, -0.25) is 9.59 Å². The fourth-order valence-corrected chi connectivity index (χ4v) is 9.91. The molecule has 0 N–H and O–H groups in total. The number of hydrogen-bond donors (Lipinski definition) is 0. The van der Waals surface area contributed by atoms with Crippen molar-refractivity contribution in [3.63, 3.8) is 0 Å². The van der Waals surface area contributed by atoms with Crippen molar-refractivity contribution < 1.29 is 65.9 Å². The first kappa shape index (κ1) is 50.6. The van der Waals surface area contributed by atoms with E-state index >= 15 is 0 Å². The lowest BCUT2D eigenvalue weighted by molar-refractivity contribution is -0.940. The number of carbonyl (C=O) groups excluding carboxylic acids is 2. The van der Waals surface area contributed by atoms with Gasteiger partial charge in [0.2, 0.25) is 0 Å². The number of methoxy groups -OCH3 is 8. The molecule has 4 aromatic rings. The number of hydrogen-bond acceptors (Lipinski definition) is 12. The number of nitrogens with zero attached hydrogens (tertiary/aromatic N) is 2. The molecule has 6 rings (SSSR count).